The van der Waals surface area contributed by atoms with Crippen molar-refractivity contribution in [2.45, 2.75) is 17.2 Å². The number of benzene rings is 2. The molecule has 32 heavy (non-hydrogen) atoms. The minimum absolute atomic E-state index is 0.0317. The normalized spacial score (nSPS) is 13.4. The summed E-state index contributed by atoms with van der Waals surface area (Å²) in [6.07, 6.45) is -5.60. The van der Waals surface area contributed by atoms with E-state index in [4.69, 9.17) is 23.2 Å². The largest absolute Gasteiger partial charge is 0.433 e. The molecule has 4 rings (SSSR count). The summed E-state index contributed by atoms with van der Waals surface area (Å²) in [5, 5.41) is 11.1. The Hall–Kier alpha value is -2.59. The Morgan fingerprint density at radius 1 is 1.09 bits per heavy atom. The Bertz CT molecular complexity index is 1400. The smallest absolute Gasteiger partial charge is 0.382 e. The van der Waals surface area contributed by atoms with Crippen molar-refractivity contribution in [3.63, 3.8) is 0 Å². The van der Waals surface area contributed by atoms with Crippen LogP contribution in [-0.4, -0.2) is 22.5 Å². The van der Waals surface area contributed by atoms with Gasteiger partial charge in [0.05, 0.1) is 21.1 Å². The number of aliphatic hydroxyl groups is 1. The Morgan fingerprint density at radius 3 is 2.41 bits per heavy atom. The fourth-order valence-corrected chi connectivity index (χ4v) is 5.41. The maximum atomic E-state index is 13.5. The number of halogens is 5. The maximum absolute atomic E-state index is 13.5. The topological polar surface area (TPSA) is 72.2 Å². The first-order valence-electron chi connectivity index (χ1n) is 8.94. The molecule has 2 aromatic heterocycles. The molecule has 1 radical (unpaired) electrons. The molecule has 0 amide bonds. The van der Waals surface area contributed by atoms with Crippen molar-refractivity contribution in [2.24, 2.45) is 0 Å². The number of aliphatic hydroxyl groups excluding tert-OH is 1. The highest BCUT2D eigenvalue weighted by molar-refractivity contribution is 7.90. The molecule has 165 valence electrons. The van der Waals surface area contributed by atoms with E-state index in [1.54, 1.807) is 6.07 Å². The van der Waals surface area contributed by atoms with Crippen LogP contribution in [-0.2, 0) is 16.2 Å². The predicted molar refractivity (Wildman–Crippen MR) is 113 cm³/mol. The molecule has 0 saturated heterocycles. The fraction of sp³-hybridized carbons (Fsp3) is 0.0952. The van der Waals surface area contributed by atoms with Crippen molar-refractivity contribution in [1.29, 1.82) is 0 Å². The summed E-state index contributed by atoms with van der Waals surface area (Å²) in [6.45, 7) is 0. The molecule has 11 heteroatoms. The molecule has 0 bridgehead atoms. The van der Waals surface area contributed by atoms with Gasteiger partial charge in [-0.2, -0.15) is 13.2 Å². The van der Waals surface area contributed by atoms with E-state index in [1.807, 2.05) is 0 Å². The highest BCUT2D eigenvalue weighted by Gasteiger charge is 2.35. The molecule has 1 N–H and O–H groups in total. The van der Waals surface area contributed by atoms with Crippen LogP contribution < -0.4 is 0 Å². The number of hydrogen-bond donors (Lipinski definition) is 1. The minimum Gasteiger partial charge on any atom is -0.382 e. The monoisotopic (exact) mass is 499 g/mol. The van der Waals surface area contributed by atoms with Crippen LogP contribution in [0.2, 0.25) is 10.0 Å². The van der Waals surface area contributed by atoms with Gasteiger partial charge in [-0.05, 0) is 30.3 Å². The molecule has 0 aliphatic rings. The van der Waals surface area contributed by atoms with Crippen LogP contribution in [0.4, 0.5) is 13.2 Å². The van der Waals surface area contributed by atoms with Crippen molar-refractivity contribution in [3.05, 3.63) is 93.9 Å². The van der Waals surface area contributed by atoms with Gasteiger partial charge in [-0.25, -0.2) is 12.4 Å². The van der Waals surface area contributed by atoms with Crippen molar-refractivity contribution in [3.8, 4) is 0 Å². The first-order chi connectivity index (χ1) is 15.0. The lowest BCUT2D eigenvalue weighted by molar-refractivity contribution is -0.141. The lowest BCUT2D eigenvalue weighted by Crippen LogP contribution is -2.19. The second-order valence-electron chi connectivity index (χ2n) is 6.73. The Labute approximate surface area is 190 Å². The molecule has 0 aliphatic carbocycles. The van der Waals surface area contributed by atoms with Crippen LogP contribution in [0.1, 0.15) is 23.1 Å². The molecular weight excluding hydrogens is 488 g/mol. The standard InChI is InChI=1S/C21H12Cl2F3N2O3S/c22-14-7-4-8-15(23)19(14)20(29)17-9-12-11-27-18(21(24,25)26)10-16(12)28(17)32(30,31)13-5-2-1-3-6-13/h1-7,9-11,20,29H. The van der Waals surface area contributed by atoms with E-state index in [1.165, 1.54) is 42.5 Å². The number of pyridine rings is 1. The zero-order chi connectivity index (χ0) is 23.3. The van der Waals surface area contributed by atoms with Crippen molar-refractivity contribution in [2.75, 3.05) is 0 Å². The van der Waals surface area contributed by atoms with Gasteiger partial charge in [0.15, 0.2) is 0 Å². The molecule has 1 unspecified atom stereocenters. The average molecular weight is 500 g/mol. The molecule has 0 fully saturated rings. The van der Waals surface area contributed by atoms with Crippen LogP contribution in [0.3, 0.4) is 0 Å². The van der Waals surface area contributed by atoms with Crippen molar-refractivity contribution in [1.82, 2.24) is 8.96 Å². The van der Waals surface area contributed by atoms with Crippen molar-refractivity contribution < 1.29 is 26.7 Å². The van der Waals surface area contributed by atoms with Crippen LogP contribution in [0.5, 0.6) is 0 Å². The SMILES string of the molecule is O=S(=O)(c1ccccc1)n1c(C(O)c2c(Cl)[c]ccc2Cl)cc2cnc(C(F)(F)F)cc21. The van der Waals surface area contributed by atoms with E-state index in [2.05, 4.69) is 11.1 Å². The quantitative estimate of drug-likeness (QED) is 0.403. The van der Waals surface area contributed by atoms with Gasteiger partial charge in [-0.15, -0.1) is 0 Å². The first-order valence-corrected chi connectivity index (χ1v) is 11.1. The van der Waals surface area contributed by atoms with Gasteiger partial charge in [-0.3, -0.25) is 4.98 Å². The van der Waals surface area contributed by atoms with E-state index in [9.17, 15) is 26.7 Å². The molecular formula is C21H12Cl2F3N2O3S. The van der Waals surface area contributed by atoms with Crippen LogP contribution in [0, 0.1) is 6.07 Å². The molecule has 2 heterocycles. The molecule has 0 aliphatic heterocycles. The first kappa shape index (κ1) is 22.6. The van der Waals surface area contributed by atoms with Gasteiger partial charge in [-0.1, -0.05) is 47.5 Å². The Morgan fingerprint density at radius 2 is 1.78 bits per heavy atom. The molecule has 4 aromatic rings. The fourth-order valence-electron chi connectivity index (χ4n) is 3.27. The van der Waals surface area contributed by atoms with Crippen LogP contribution in [0.25, 0.3) is 10.9 Å². The van der Waals surface area contributed by atoms with E-state index >= 15 is 0 Å². The third-order valence-electron chi connectivity index (χ3n) is 4.73. The summed E-state index contributed by atoms with van der Waals surface area (Å²) in [5.41, 5.74) is -1.88. The van der Waals surface area contributed by atoms with E-state index < -0.39 is 28.0 Å². The number of rotatable bonds is 4. The number of hydrogen-bond acceptors (Lipinski definition) is 4. The zero-order valence-electron chi connectivity index (χ0n) is 15.8. The zero-order valence-corrected chi connectivity index (χ0v) is 18.1. The summed E-state index contributed by atoms with van der Waals surface area (Å²) in [7, 11) is -4.43. The summed E-state index contributed by atoms with van der Waals surface area (Å²) < 4.78 is 67.5. The Balaban J connectivity index is 2.07. The van der Waals surface area contributed by atoms with E-state index in [0.29, 0.717) is 10.0 Å². The summed E-state index contributed by atoms with van der Waals surface area (Å²) in [5.74, 6) is 0. The van der Waals surface area contributed by atoms with Crippen LogP contribution in [0.15, 0.2) is 65.7 Å². The van der Waals surface area contributed by atoms with Gasteiger partial charge in [0.25, 0.3) is 10.0 Å². The summed E-state index contributed by atoms with van der Waals surface area (Å²) >= 11 is 12.3. The van der Waals surface area contributed by atoms with Gasteiger partial charge >= 0.3 is 6.18 Å². The van der Waals surface area contributed by atoms with Crippen molar-refractivity contribution >= 4 is 44.1 Å². The lowest BCUT2D eigenvalue weighted by Gasteiger charge is -2.18. The summed E-state index contributed by atoms with van der Waals surface area (Å²) in [6, 6.07) is 14.4. The molecule has 5 nitrogen and oxygen atoms in total. The average Bonchev–Trinajstić information content (AvgIpc) is 3.13. The molecule has 2 aromatic carbocycles. The number of alkyl halides is 3. The third-order valence-corrected chi connectivity index (χ3v) is 7.13. The van der Waals surface area contributed by atoms with Gasteiger partial charge in [0, 0.05) is 28.2 Å². The molecule has 1 atom stereocenters. The highest BCUT2D eigenvalue weighted by atomic mass is 35.5. The highest BCUT2D eigenvalue weighted by Crippen LogP contribution is 2.38. The lowest BCUT2D eigenvalue weighted by atomic mass is 10.1. The third kappa shape index (κ3) is 3.86. The minimum atomic E-state index is -4.81. The van der Waals surface area contributed by atoms with Gasteiger partial charge < -0.3 is 5.11 Å². The maximum Gasteiger partial charge on any atom is 0.433 e. The number of fused-ring (bicyclic) bond motifs is 1. The van der Waals surface area contributed by atoms with Gasteiger partial charge in [0.2, 0.25) is 0 Å². The van der Waals surface area contributed by atoms with Gasteiger partial charge in [0.1, 0.15) is 11.8 Å². The van der Waals surface area contributed by atoms with Crippen LogP contribution >= 0.6 is 23.2 Å². The summed E-state index contributed by atoms with van der Waals surface area (Å²) in [4.78, 5) is 3.19. The second-order valence-corrected chi connectivity index (χ2v) is 9.31. The number of nitrogens with zero attached hydrogens (tertiary/aromatic N) is 2. The predicted octanol–water partition coefficient (Wildman–Crippen LogP) is 5.48. The second kappa shape index (κ2) is 8.08. The van der Waals surface area contributed by atoms with E-state index in [-0.39, 0.29) is 37.1 Å². The number of aromatic nitrogens is 2. The molecule has 0 spiro atoms. The Kier molecular flexibility index (Phi) is 5.70. The molecule has 0 saturated carbocycles. The van der Waals surface area contributed by atoms with E-state index in [0.717, 1.165) is 6.20 Å².